The number of rotatable bonds is 6. The molecule has 7 heteroatoms. The highest BCUT2D eigenvalue weighted by atomic mass is 79.9. The molecule has 1 aromatic rings. The highest BCUT2D eigenvalue weighted by Gasteiger charge is 2.15. The van der Waals surface area contributed by atoms with Crippen LogP contribution in [0.1, 0.15) is 25.3 Å². The van der Waals surface area contributed by atoms with Gasteiger partial charge in [0.1, 0.15) is 6.54 Å². The molecule has 1 unspecified atom stereocenters. The maximum absolute atomic E-state index is 12.1. The second kappa shape index (κ2) is 9.64. The number of guanidine groups is 1. The summed E-state index contributed by atoms with van der Waals surface area (Å²) in [6, 6.07) is 5.79. The van der Waals surface area contributed by atoms with Crippen molar-refractivity contribution in [2.75, 3.05) is 31.6 Å². The summed E-state index contributed by atoms with van der Waals surface area (Å²) in [6.45, 7) is 6.29. The summed E-state index contributed by atoms with van der Waals surface area (Å²) in [5.74, 6) is 0.486. The van der Waals surface area contributed by atoms with E-state index >= 15 is 0 Å². The van der Waals surface area contributed by atoms with Crippen LogP contribution in [0, 0.1) is 6.92 Å². The van der Waals surface area contributed by atoms with Gasteiger partial charge in [-0.15, -0.1) is 0 Å². The predicted octanol–water partition coefficient (Wildman–Crippen LogP) is 2.43. The van der Waals surface area contributed by atoms with Crippen molar-refractivity contribution in [3.05, 3.63) is 28.2 Å². The minimum absolute atomic E-state index is 0.0623. The van der Waals surface area contributed by atoms with E-state index in [0.29, 0.717) is 12.5 Å². The number of aliphatic imine (C=N–C) groups is 1. The molecule has 1 saturated heterocycles. The molecule has 6 nitrogen and oxygen atoms in total. The molecular formula is C17H25BrN4O2. The molecule has 1 aliphatic heterocycles. The van der Waals surface area contributed by atoms with E-state index in [9.17, 15) is 4.79 Å². The van der Waals surface area contributed by atoms with Crippen LogP contribution in [0.25, 0.3) is 0 Å². The van der Waals surface area contributed by atoms with E-state index in [1.54, 1.807) is 0 Å². The zero-order valence-electron chi connectivity index (χ0n) is 14.2. The van der Waals surface area contributed by atoms with Crippen molar-refractivity contribution in [2.24, 2.45) is 4.99 Å². The van der Waals surface area contributed by atoms with Crippen LogP contribution in [-0.4, -0.2) is 44.2 Å². The molecule has 1 aliphatic rings. The predicted molar refractivity (Wildman–Crippen MR) is 100 cm³/mol. The van der Waals surface area contributed by atoms with E-state index in [-0.39, 0.29) is 18.6 Å². The minimum Gasteiger partial charge on any atom is -0.376 e. The van der Waals surface area contributed by atoms with Crippen LogP contribution < -0.4 is 16.0 Å². The lowest BCUT2D eigenvalue weighted by atomic mass is 10.2. The first kappa shape index (κ1) is 18.7. The van der Waals surface area contributed by atoms with Crippen molar-refractivity contribution < 1.29 is 9.53 Å². The summed E-state index contributed by atoms with van der Waals surface area (Å²) >= 11 is 3.41. The zero-order valence-corrected chi connectivity index (χ0v) is 15.8. The largest absolute Gasteiger partial charge is 0.376 e. The Morgan fingerprint density at radius 1 is 1.42 bits per heavy atom. The van der Waals surface area contributed by atoms with Crippen molar-refractivity contribution in [2.45, 2.75) is 32.8 Å². The Hall–Kier alpha value is -1.60. The maximum atomic E-state index is 12.1. The summed E-state index contributed by atoms with van der Waals surface area (Å²) in [6.07, 6.45) is 2.40. The van der Waals surface area contributed by atoms with Crippen LogP contribution in [0.15, 0.2) is 27.7 Å². The van der Waals surface area contributed by atoms with Gasteiger partial charge in [-0.05, 0) is 44.4 Å². The van der Waals surface area contributed by atoms with Crippen LogP contribution in [0.4, 0.5) is 5.69 Å². The van der Waals surface area contributed by atoms with Gasteiger partial charge in [0.15, 0.2) is 5.96 Å². The van der Waals surface area contributed by atoms with Crippen LogP contribution in [-0.2, 0) is 9.53 Å². The fourth-order valence-corrected chi connectivity index (χ4v) is 2.79. The minimum atomic E-state index is -0.148. The second-order valence-electron chi connectivity index (χ2n) is 5.72. The molecule has 0 saturated carbocycles. The number of nitrogens with one attached hydrogen (secondary N) is 3. The van der Waals surface area contributed by atoms with Crippen molar-refractivity contribution in [1.29, 1.82) is 0 Å². The van der Waals surface area contributed by atoms with Gasteiger partial charge >= 0.3 is 0 Å². The molecule has 132 valence electrons. The molecule has 0 radical (unpaired) electrons. The van der Waals surface area contributed by atoms with E-state index < -0.39 is 0 Å². The molecule has 1 heterocycles. The summed E-state index contributed by atoms with van der Waals surface area (Å²) in [5, 5.41) is 9.26. The molecule has 2 rings (SSSR count). The number of amides is 1. The first-order valence-corrected chi connectivity index (χ1v) is 9.07. The van der Waals surface area contributed by atoms with Gasteiger partial charge in [0.25, 0.3) is 0 Å². The van der Waals surface area contributed by atoms with E-state index in [2.05, 4.69) is 36.9 Å². The Bertz CT molecular complexity index is 586. The SMILES string of the molecule is CCNC(=NCC(=O)Nc1cc(Br)ccc1C)NCC1CCCO1. The fourth-order valence-electron chi connectivity index (χ4n) is 2.43. The number of ether oxygens (including phenoxy) is 1. The molecule has 1 amide bonds. The number of hydrogen-bond donors (Lipinski definition) is 3. The average molecular weight is 397 g/mol. The highest BCUT2D eigenvalue weighted by Crippen LogP contribution is 2.20. The normalized spacial score (nSPS) is 17.6. The molecule has 1 atom stereocenters. The Kier molecular flexibility index (Phi) is 7.52. The van der Waals surface area contributed by atoms with Crippen LogP contribution in [0.5, 0.6) is 0 Å². The molecule has 1 aromatic carbocycles. The number of anilines is 1. The third-order valence-corrected chi connectivity index (χ3v) is 4.21. The van der Waals surface area contributed by atoms with Crippen molar-refractivity contribution >= 4 is 33.5 Å². The number of carbonyl (C=O) groups excluding carboxylic acids is 1. The molecule has 0 bridgehead atoms. The van der Waals surface area contributed by atoms with Crippen molar-refractivity contribution in [3.63, 3.8) is 0 Å². The standard InChI is InChI=1S/C17H25BrN4O2/c1-3-19-17(20-10-14-5-4-8-24-14)21-11-16(23)22-15-9-13(18)7-6-12(15)2/h6-7,9,14H,3-5,8,10-11H2,1-2H3,(H,22,23)(H2,19,20,21). The summed E-state index contributed by atoms with van der Waals surface area (Å²) in [7, 11) is 0. The zero-order chi connectivity index (χ0) is 17.4. The van der Waals surface area contributed by atoms with Gasteiger partial charge in [-0.25, -0.2) is 4.99 Å². The van der Waals surface area contributed by atoms with Gasteiger partial charge in [0.2, 0.25) is 5.91 Å². The van der Waals surface area contributed by atoms with Gasteiger partial charge in [0.05, 0.1) is 6.10 Å². The van der Waals surface area contributed by atoms with Crippen LogP contribution in [0.2, 0.25) is 0 Å². The van der Waals surface area contributed by atoms with Crippen LogP contribution in [0.3, 0.4) is 0 Å². The summed E-state index contributed by atoms with van der Waals surface area (Å²) in [5.41, 5.74) is 1.81. The molecule has 3 N–H and O–H groups in total. The molecule has 0 aromatic heterocycles. The summed E-state index contributed by atoms with van der Waals surface area (Å²) < 4.78 is 6.51. The van der Waals surface area contributed by atoms with Gasteiger partial charge < -0.3 is 20.7 Å². The smallest absolute Gasteiger partial charge is 0.246 e. The van der Waals surface area contributed by atoms with Gasteiger partial charge in [-0.1, -0.05) is 22.0 Å². The highest BCUT2D eigenvalue weighted by molar-refractivity contribution is 9.10. The van der Waals surface area contributed by atoms with Crippen molar-refractivity contribution in [1.82, 2.24) is 10.6 Å². The monoisotopic (exact) mass is 396 g/mol. The van der Waals surface area contributed by atoms with E-state index in [4.69, 9.17) is 4.74 Å². The summed E-state index contributed by atoms with van der Waals surface area (Å²) in [4.78, 5) is 16.5. The number of halogens is 1. The molecule has 0 aliphatic carbocycles. The fraction of sp³-hybridized carbons (Fsp3) is 0.529. The molecule has 1 fully saturated rings. The van der Waals surface area contributed by atoms with E-state index in [1.807, 2.05) is 32.0 Å². The number of hydrogen-bond acceptors (Lipinski definition) is 3. The number of aryl methyl sites for hydroxylation is 1. The van der Waals surface area contributed by atoms with Crippen molar-refractivity contribution in [3.8, 4) is 0 Å². The third kappa shape index (κ3) is 6.13. The van der Waals surface area contributed by atoms with E-state index in [1.165, 1.54) is 0 Å². The first-order chi connectivity index (χ1) is 11.6. The second-order valence-corrected chi connectivity index (χ2v) is 6.63. The Balaban J connectivity index is 1.86. The number of carbonyl (C=O) groups is 1. The van der Waals surface area contributed by atoms with Gasteiger partial charge in [0, 0.05) is 29.9 Å². The lowest BCUT2D eigenvalue weighted by molar-refractivity contribution is -0.114. The lowest BCUT2D eigenvalue weighted by Crippen LogP contribution is -2.41. The number of nitrogens with zero attached hydrogens (tertiary/aromatic N) is 1. The number of benzene rings is 1. The third-order valence-electron chi connectivity index (χ3n) is 3.72. The van der Waals surface area contributed by atoms with Crippen LogP contribution >= 0.6 is 15.9 Å². The first-order valence-electron chi connectivity index (χ1n) is 8.28. The Morgan fingerprint density at radius 3 is 2.96 bits per heavy atom. The topological polar surface area (TPSA) is 74.8 Å². The van der Waals surface area contributed by atoms with E-state index in [0.717, 1.165) is 41.7 Å². The van der Waals surface area contributed by atoms with Gasteiger partial charge in [-0.3, -0.25) is 4.79 Å². The lowest BCUT2D eigenvalue weighted by Gasteiger charge is -2.14. The average Bonchev–Trinajstić information content (AvgIpc) is 3.07. The molecular weight excluding hydrogens is 372 g/mol. The Labute approximate surface area is 151 Å². The quantitative estimate of drug-likeness (QED) is 0.509. The molecule has 24 heavy (non-hydrogen) atoms. The maximum Gasteiger partial charge on any atom is 0.246 e. The van der Waals surface area contributed by atoms with Gasteiger partial charge in [-0.2, -0.15) is 0 Å². The Morgan fingerprint density at radius 2 is 2.25 bits per heavy atom. The molecule has 0 spiro atoms.